The van der Waals surface area contributed by atoms with Crippen molar-refractivity contribution < 1.29 is 14.3 Å². The van der Waals surface area contributed by atoms with Crippen LogP contribution in [0, 0.1) is 0 Å². The number of amides is 1. The molecule has 0 spiro atoms. The molecule has 7 heteroatoms. The zero-order valence-corrected chi connectivity index (χ0v) is 11.3. The van der Waals surface area contributed by atoms with E-state index < -0.39 is 5.97 Å². The van der Waals surface area contributed by atoms with Gasteiger partial charge in [0.05, 0.1) is 7.11 Å². The lowest BCUT2D eigenvalue weighted by Gasteiger charge is -2.09. The largest absolute Gasteiger partial charge is 0.463 e. The van der Waals surface area contributed by atoms with Gasteiger partial charge in [0.2, 0.25) is 11.7 Å². The van der Waals surface area contributed by atoms with Crippen LogP contribution in [0.5, 0.6) is 0 Å². The summed E-state index contributed by atoms with van der Waals surface area (Å²) < 4.78 is 4.52. The first kappa shape index (κ1) is 14.9. The van der Waals surface area contributed by atoms with E-state index in [0.717, 1.165) is 0 Å². The minimum Gasteiger partial charge on any atom is -0.463 e. The van der Waals surface area contributed by atoms with Gasteiger partial charge in [-0.25, -0.2) is 14.8 Å². The molecule has 0 saturated heterocycles. The monoisotopic (exact) mass is 266 g/mol. The Kier molecular flexibility index (Phi) is 5.72. The molecule has 0 unspecified atom stereocenters. The molecule has 0 atom stereocenters. The number of esters is 1. The predicted molar refractivity (Wildman–Crippen MR) is 69.8 cm³/mol. The summed E-state index contributed by atoms with van der Waals surface area (Å²) in [5, 5.41) is 5.73. The molecule has 0 aromatic carbocycles. The molecule has 19 heavy (non-hydrogen) atoms. The van der Waals surface area contributed by atoms with E-state index in [-0.39, 0.29) is 17.8 Å². The fourth-order valence-electron chi connectivity index (χ4n) is 1.35. The van der Waals surface area contributed by atoms with Crippen LogP contribution in [0.1, 0.15) is 30.9 Å². The average molecular weight is 266 g/mol. The van der Waals surface area contributed by atoms with E-state index in [4.69, 9.17) is 0 Å². The standard InChI is InChI=1S/C12H18N4O3/c1-8(2)15-10(17)5-7-13-9-4-6-14-11(16-9)12(18)19-3/h4,6,8H,5,7H2,1-3H3,(H,15,17)(H,13,14,16). The highest BCUT2D eigenvalue weighted by Gasteiger charge is 2.09. The minimum atomic E-state index is -0.596. The molecule has 1 aromatic rings. The number of rotatable bonds is 6. The first-order valence-corrected chi connectivity index (χ1v) is 5.97. The normalized spacial score (nSPS) is 10.1. The number of anilines is 1. The minimum absolute atomic E-state index is 0.0147. The highest BCUT2D eigenvalue weighted by atomic mass is 16.5. The van der Waals surface area contributed by atoms with Crippen LogP contribution in [-0.2, 0) is 9.53 Å². The zero-order chi connectivity index (χ0) is 14.3. The zero-order valence-electron chi connectivity index (χ0n) is 11.3. The molecule has 0 aliphatic rings. The summed E-state index contributed by atoms with van der Waals surface area (Å²) in [7, 11) is 1.27. The third-order valence-electron chi connectivity index (χ3n) is 2.13. The summed E-state index contributed by atoms with van der Waals surface area (Å²) in [6.07, 6.45) is 1.78. The molecule has 0 fully saturated rings. The molecule has 1 aromatic heterocycles. The molecule has 7 nitrogen and oxygen atoms in total. The van der Waals surface area contributed by atoms with E-state index in [1.54, 1.807) is 6.07 Å². The van der Waals surface area contributed by atoms with Gasteiger partial charge in [0.15, 0.2) is 0 Å². The van der Waals surface area contributed by atoms with Crippen molar-refractivity contribution in [2.45, 2.75) is 26.3 Å². The van der Waals surface area contributed by atoms with Crippen molar-refractivity contribution in [2.24, 2.45) is 0 Å². The van der Waals surface area contributed by atoms with Gasteiger partial charge in [0.1, 0.15) is 5.82 Å². The van der Waals surface area contributed by atoms with Gasteiger partial charge in [-0.15, -0.1) is 0 Å². The lowest BCUT2D eigenvalue weighted by atomic mass is 10.3. The molecule has 0 aliphatic heterocycles. The Hall–Kier alpha value is -2.18. The van der Waals surface area contributed by atoms with Crippen LogP contribution in [0.4, 0.5) is 5.82 Å². The number of carbonyl (C=O) groups is 2. The van der Waals surface area contributed by atoms with Crippen LogP contribution in [0.25, 0.3) is 0 Å². The maximum absolute atomic E-state index is 11.4. The summed E-state index contributed by atoms with van der Waals surface area (Å²) in [5.41, 5.74) is 0. The Labute approximate surface area is 111 Å². The molecule has 0 aliphatic carbocycles. The molecule has 1 heterocycles. The van der Waals surface area contributed by atoms with Crippen molar-refractivity contribution in [1.29, 1.82) is 0 Å². The molecule has 2 N–H and O–H groups in total. The molecule has 0 radical (unpaired) electrons. The van der Waals surface area contributed by atoms with Crippen LogP contribution < -0.4 is 10.6 Å². The van der Waals surface area contributed by atoms with Crippen molar-refractivity contribution in [3.63, 3.8) is 0 Å². The molecule has 0 bridgehead atoms. The van der Waals surface area contributed by atoms with Gasteiger partial charge < -0.3 is 15.4 Å². The molecule has 0 saturated carbocycles. The van der Waals surface area contributed by atoms with Crippen LogP contribution in [0.3, 0.4) is 0 Å². The van der Waals surface area contributed by atoms with E-state index in [9.17, 15) is 9.59 Å². The molecular formula is C12H18N4O3. The van der Waals surface area contributed by atoms with Crippen LogP contribution in [0.15, 0.2) is 12.3 Å². The van der Waals surface area contributed by atoms with E-state index >= 15 is 0 Å². The van der Waals surface area contributed by atoms with Gasteiger partial charge in [-0.3, -0.25) is 4.79 Å². The van der Waals surface area contributed by atoms with Gasteiger partial charge in [-0.2, -0.15) is 0 Å². The van der Waals surface area contributed by atoms with Crippen molar-refractivity contribution in [3.05, 3.63) is 18.1 Å². The third-order valence-corrected chi connectivity index (χ3v) is 2.13. The van der Waals surface area contributed by atoms with Gasteiger partial charge in [-0.1, -0.05) is 0 Å². The first-order chi connectivity index (χ1) is 9.02. The number of carbonyl (C=O) groups excluding carboxylic acids is 2. The van der Waals surface area contributed by atoms with E-state index in [0.29, 0.717) is 18.8 Å². The maximum Gasteiger partial charge on any atom is 0.376 e. The quantitative estimate of drug-likeness (QED) is 0.732. The highest BCUT2D eigenvalue weighted by molar-refractivity contribution is 5.85. The highest BCUT2D eigenvalue weighted by Crippen LogP contribution is 2.03. The first-order valence-electron chi connectivity index (χ1n) is 5.97. The van der Waals surface area contributed by atoms with Gasteiger partial charge >= 0.3 is 5.97 Å². The lowest BCUT2D eigenvalue weighted by Crippen LogP contribution is -2.31. The van der Waals surface area contributed by atoms with Crippen LogP contribution in [-0.4, -0.2) is 41.5 Å². The maximum atomic E-state index is 11.4. The summed E-state index contributed by atoms with van der Waals surface area (Å²) in [6, 6.07) is 1.74. The molecule has 1 amide bonds. The topological polar surface area (TPSA) is 93.2 Å². The average Bonchev–Trinajstić information content (AvgIpc) is 2.37. The van der Waals surface area contributed by atoms with Gasteiger partial charge in [0, 0.05) is 25.2 Å². The van der Waals surface area contributed by atoms with Crippen LogP contribution >= 0.6 is 0 Å². The second-order valence-electron chi connectivity index (χ2n) is 4.16. The smallest absolute Gasteiger partial charge is 0.376 e. The second kappa shape index (κ2) is 7.30. The summed E-state index contributed by atoms with van der Waals surface area (Å²) in [5.74, 6) is -0.169. The second-order valence-corrected chi connectivity index (χ2v) is 4.16. The Morgan fingerprint density at radius 2 is 2.16 bits per heavy atom. The number of ether oxygens (including phenoxy) is 1. The van der Waals surface area contributed by atoms with E-state index in [1.807, 2.05) is 13.8 Å². The Morgan fingerprint density at radius 1 is 1.42 bits per heavy atom. The number of nitrogens with one attached hydrogen (secondary N) is 2. The van der Waals surface area contributed by atoms with Gasteiger partial charge in [0.25, 0.3) is 0 Å². The Balaban J connectivity index is 2.45. The van der Waals surface area contributed by atoms with Gasteiger partial charge in [-0.05, 0) is 19.9 Å². The summed E-state index contributed by atoms with van der Waals surface area (Å²) in [6.45, 7) is 4.23. The van der Waals surface area contributed by atoms with Crippen molar-refractivity contribution in [2.75, 3.05) is 19.0 Å². The molecule has 104 valence electrons. The SMILES string of the molecule is COC(=O)c1nccc(NCCC(=O)NC(C)C)n1. The van der Waals surface area contributed by atoms with E-state index in [1.165, 1.54) is 13.3 Å². The number of aromatic nitrogens is 2. The fourth-order valence-corrected chi connectivity index (χ4v) is 1.35. The Bertz CT molecular complexity index is 448. The Morgan fingerprint density at radius 3 is 2.79 bits per heavy atom. The predicted octanol–water partition coefficient (Wildman–Crippen LogP) is 0.590. The number of methoxy groups -OCH3 is 1. The van der Waals surface area contributed by atoms with Crippen molar-refractivity contribution >= 4 is 17.7 Å². The van der Waals surface area contributed by atoms with Crippen LogP contribution in [0.2, 0.25) is 0 Å². The number of hydrogen-bond donors (Lipinski definition) is 2. The molecular weight excluding hydrogens is 248 g/mol. The fraction of sp³-hybridized carbons (Fsp3) is 0.500. The number of nitrogens with zero attached hydrogens (tertiary/aromatic N) is 2. The number of hydrogen-bond acceptors (Lipinski definition) is 6. The molecule has 1 rings (SSSR count). The van der Waals surface area contributed by atoms with Crippen molar-refractivity contribution in [3.8, 4) is 0 Å². The van der Waals surface area contributed by atoms with E-state index in [2.05, 4.69) is 25.3 Å². The van der Waals surface area contributed by atoms with Crippen molar-refractivity contribution in [1.82, 2.24) is 15.3 Å². The lowest BCUT2D eigenvalue weighted by molar-refractivity contribution is -0.121. The third kappa shape index (κ3) is 5.33. The summed E-state index contributed by atoms with van der Waals surface area (Å²) in [4.78, 5) is 30.4. The summed E-state index contributed by atoms with van der Waals surface area (Å²) >= 11 is 0.